The zero-order valence-electron chi connectivity index (χ0n) is 14.7. The highest BCUT2D eigenvalue weighted by molar-refractivity contribution is 5.69. The average Bonchev–Trinajstić information content (AvgIpc) is 2.67. The molecule has 0 aliphatic carbocycles. The number of nitrogens with two attached hydrogens (primary N) is 1. The van der Waals surface area contributed by atoms with E-state index in [9.17, 15) is 4.79 Å². The third-order valence-corrected chi connectivity index (χ3v) is 4.18. The molecule has 0 amide bonds. The molecule has 134 valence electrons. The molecular weight excluding hydrogens is 316 g/mol. The molecule has 2 aromatic rings. The molecule has 5 heteroatoms. The fourth-order valence-electron chi connectivity index (χ4n) is 2.68. The van der Waals surface area contributed by atoms with E-state index in [-0.39, 0.29) is 5.97 Å². The Morgan fingerprint density at radius 1 is 1.24 bits per heavy atom. The van der Waals surface area contributed by atoms with E-state index in [0.717, 1.165) is 24.2 Å². The summed E-state index contributed by atoms with van der Waals surface area (Å²) in [5.41, 5.74) is 8.30. The summed E-state index contributed by atoms with van der Waals surface area (Å²) < 4.78 is 10.3. The van der Waals surface area contributed by atoms with E-state index < -0.39 is 0 Å². The summed E-state index contributed by atoms with van der Waals surface area (Å²) in [6.45, 7) is 1.26. The van der Waals surface area contributed by atoms with E-state index in [1.54, 1.807) is 12.4 Å². The van der Waals surface area contributed by atoms with Crippen molar-refractivity contribution in [2.24, 2.45) is 5.73 Å². The van der Waals surface area contributed by atoms with Crippen LogP contribution in [0.4, 0.5) is 0 Å². The van der Waals surface area contributed by atoms with Crippen LogP contribution < -0.4 is 10.5 Å². The van der Waals surface area contributed by atoms with Crippen LogP contribution in [0.2, 0.25) is 0 Å². The Morgan fingerprint density at radius 2 is 2.04 bits per heavy atom. The number of aryl methyl sites for hydroxylation is 1. The maximum Gasteiger partial charge on any atom is 0.305 e. The minimum absolute atomic E-state index is 0.183. The molecule has 0 fully saturated rings. The molecule has 0 saturated carbocycles. The lowest BCUT2D eigenvalue weighted by Crippen LogP contribution is -2.14. The highest BCUT2D eigenvalue weighted by atomic mass is 16.5. The molecule has 0 saturated heterocycles. The van der Waals surface area contributed by atoms with Crippen LogP contribution in [0.1, 0.15) is 36.3 Å². The smallest absolute Gasteiger partial charge is 0.305 e. The van der Waals surface area contributed by atoms with Gasteiger partial charge < -0.3 is 15.2 Å². The van der Waals surface area contributed by atoms with E-state index in [1.807, 2.05) is 12.1 Å². The van der Waals surface area contributed by atoms with Gasteiger partial charge in [0.1, 0.15) is 5.75 Å². The Kier molecular flexibility index (Phi) is 7.92. The largest absolute Gasteiger partial charge is 0.492 e. The van der Waals surface area contributed by atoms with Crippen LogP contribution in [0, 0.1) is 0 Å². The molecule has 25 heavy (non-hydrogen) atoms. The van der Waals surface area contributed by atoms with Crippen molar-refractivity contribution in [3.8, 4) is 5.75 Å². The van der Waals surface area contributed by atoms with Crippen molar-refractivity contribution in [1.82, 2.24) is 4.98 Å². The van der Waals surface area contributed by atoms with Crippen molar-refractivity contribution < 1.29 is 14.3 Å². The number of carbonyl (C=O) groups excluding carboxylic acids is 1. The van der Waals surface area contributed by atoms with Gasteiger partial charge in [-0.2, -0.15) is 0 Å². The van der Waals surface area contributed by atoms with Gasteiger partial charge in [0.2, 0.25) is 0 Å². The monoisotopic (exact) mass is 342 g/mol. The second-order valence-electron chi connectivity index (χ2n) is 5.93. The van der Waals surface area contributed by atoms with E-state index in [1.165, 1.54) is 12.7 Å². The summed E-state index contributed by atoms with van der Waals surface area (Å²) >= 11 is 0. The number of methoxy groups -OCH3 is 1. The lowest BCUT2D eigenvalue weighted by molar-refractivity contribution is -0.140. The Labute approximate surface area is 149 Å². The molecule has 0 bridgehead atoms. The number of hydrogen-bond acceptors (Lipinski definition) is 5. The number of hydrogen-bond donors (Lipinski definition) is 1. The number of aromatic nitrogens is 1. The molecule has 0 aliphatic rings. The standard InChI is InChI=1S/C20H26N2O3/c1-24-20(23)11-8-16-6-9-17(10-7-16)18(14-21)4-3-13-25-19-5-2-12-22-15-19/h2,5-7,9-10,12,15,18H,3-4,8,11,13-14,21H2,1H3. The molecule has 2 N–H and O–H groups in total. The molecule has 5 nitrogen and oxygen atoms in total. The quantitative estimate of drug-likeness (QED) is 0.530. The first-order chi connectivity index (χ1) is 12.2. The number of rotatable bonds is 10. The first kappa shape index (κ1) is 18.9. The van der Waals surface area contributed by atoms with Crippen molar-refractivity contribution in [3.63, 3.8) is 0 Å². The van der Waals surface area contributed by atoms with Gasteiger partial charge in [-0.05, 0) is 55.0 Å². The Balaban J connectivity index is 1.78. The second-order valence-corrected chi connectivity index (χ2v) is 5.93. The summed E-state index contributed by atoms with van der Waals surface area (Å²) in [7, 11) is 1.41. The minimum atomic E-state index is -0.183. The van der Waals surface area contributed by atoms with Crippen molar-refractivity contribution in [3.05, 3.63) is 59.9 Å². The lowest BCUT2D eigenvalue weighted by atomic mass is 9.93. The zero-order valence-corrected chi connectivity index (χ0v) is 14.7. The van der Waals surface area contributed by atoms with E-state index in [0.29, 0.717) is 31.9 Å². The first-order valence-corrected chi connectivity index (χ1v) is 8.61. The Hall–Kier alpha value is -2.40. The van der Waals surface area contributed by atoms with Crippen molar-refractivity contribution in [2.45, 2.75) is 31.6 Å². The average molecular weight is 342 g/mol. The SMILES string of the molecule is COC(=O)CCc1ccc(C(CN)CCCOc2cccnc2)cc1. The normalized spacial score (nSPS) is 11.8. The topological polar surface area (TPSA) is 74.4 Å². The second kappa shape index (κ2) is 10.5. The maximum absolute atomic E-state index is 11.2. The highest BCUT2D eigenvalue weighted by Crippen LogP contribution is 2.21. The fourth-order valence-corrected chi connectivity index (χ4v) is 2.68. The van der Waals surface area contributed by atoms with Crippen LogP contribution in [0.25, 0.3) is 0 Å². The number of nitrogens with zero attached hydrogens (tertiary/aromatic N) is 1. The summed E-state index contributed by atoms with van der Waals surface area (Å²) in [6.07, 6.45) is 6.44. The van der Waals surface area contributed by atoms with Crippen LogP contribution >= 0.6 is 0 Å². The summed E-state index contributed by atoms with van der Waals surface area (Å²) in [5, 5.41) is 0. The molecule has 1 aromatic carbocycles. The minimum Gasteiger partial charge on any atom is -0.492 e. The number of esters is 1. The molecule has 0 radical (unpaired) electrons. The van der Waals surface area contributed by atoms with Gasteiger partial charge in [-0.15, -0.1) is 0 Å². The highest BCUT2D eigenvalue weighted by Gasteiger charge is 2.10. The van der Waals surface area contributed by atoms with Crippen LogP contribution in [-0.2, 0) is 16.0 Å². The van der Waals surface area contributed by atoms with Gasteiger partial charge in [-0.1, -0.05) is 24.3 Å². The number of benzene rings is 1. The molecular formula is C20H26N2O3. The van der Waals surface area contributed by atoms with Crippen molar-refractivity contribution >= 4 is 5.97 Å². The van der Waals surface area contributed by atoms with Gasteiger partial charge in [-0.25, -0.2) is 0 Å². The molecule has 0 aliphatic heterocycles. The van der Waals surface area contributed by atoms with Crippen molar-refractivity contribution in [1.29, 1.82) is 0 Å². The number of pyridine rings is 1. The van der Waals surface area contributed by atoms with Crippen LogP contribution in [0.15, 0.2) is 48.8 Å². The third kappa shape index (κ3) is 6.55. The molecule has 1 atom stereocenters. The molecule has 2 rings (SSSR count). The van der Waals surface area contributed by atoms with Crippen molar-refractivity contribution in [2.75, 3.05) is 20.3 Å². The third-order valence-electron chi connectivity index (χ3n) is 4.18. The fraction of sp³-hybridized carbons (Fsp3) is 0.400. The summed E-state index contributed by atoms with van der Waals surface area (Å²) in [6, 6.07) is 12.1. The zero-order chi connectivity index (χ0) is 17.9. The Bertz CT molecular complexity index is 629. The summed E-state index contributed by atoms with van der Waals surface area (Å²) in [4.78, 5) is 15.2. The van der Waals surface area contributed by atoms with Gasteiger partial charge >= 0.3 is 5.97 Å². The van der Waals surface area contributed by atoms with E-state index in [4.69, 9.17) is 10.5 Å². The molecule has 1 aromatic heterocycles. The van der Waals surface area contributed by atoms with Gasteiger partial charge in [0, 0.05) is 12.6 Å². The lowest BCUT2D eigenvalue weighted by Gasteiger charge is -2.16. The Morgan fingerprint density at radius 3 is 2.68 bits per heavy atom. The molecule has 1 heterocycles. The van der Waals surface area contributed by atoms with E-state index >= 15 is 0 Å². The van der Waals surface area contributed by atoms with Crippen LogP contribution in [0.5, 0.6) is 5.75 Å². The van der Waals surface area contributed by atoms with Crippen LogP contribution in [0.3, 0.4) is 0 Å². The molecule has 0 spiro atoms. The first-order valence-electron chi connectivity index (χ1n) is 8.61. The number of ether oxygens (including phenoxy) is 2. The molecule has 1 unspecified atom stereocenters. The van der Waals surface area contributed by atoms with Gasteiger partial charge in [0.25, 0.3) is 0 Å². The van der Waals surface area contributed by atoms with Gasteiger partial charge in [-0.3, -0.25) is 9.78 Å². The predicted molar refractivity (Wildman–Crippen MR) is 97.5 cm³/mol. The van der Waals surface area contributed by atoms with E-state index in [2.05, 4.69) is 34.0 Å². The van der Waals surface area contributed by atoms with Crippen LogP contribution in [-0.4, -0.2) is 31.2 Å². The summed E-state index contributed by atoms with van der Waals surface area (Å²) in [5.74, 6) is 0.923. The van der Waals surface area contributed by atoms with Gasteiger partial charge in [0.05, 0.1) is 19.9 Å². The maximum atomic E-state index is 11.2. The van der Waals surface area contributed by atoms with Gasteiger partial charge in [0.15, 0.2) is 0 Å². The number of carbonyl (C=O) groups is 1. The predicted octanol–water partition coefficient (Wildman–Crippen LogP) is 3.09.